The second-order valence-electron chi connectivity index (χ2n) is 4.54. The van der Waals surface area contributed by atoms with Crippen LogP contribution in [0.2, 0.25) is 0 Å². The third-order valence-electron chi connectivity index (χ3n) is 3.13. The van der Waals surface area contributed by atoms with E-state index in [1.54, 1.807) is 7.11 Å². The maximum Gasteiger partial charge on any atom is 0.265 e. The highest BCUT2D eigenvalue weighted by molar-refractivity contribution is 5.79. The Morgan fingerprint density at radius 2 is 2.09 bits per heavy atom. The Balaban J connectivity index is 1.95. The van der Waals surface area contributed by atoms with Gasteiger partial charge in [0.15, 0.2) is 5.82 Å². The average molecular weight is 300 g/mol. The van der Waals surface area contributed by atoms with E-state index in [9.17, 15) is 0 Å². The summed E-state index contributed by atoms with van der Waals surface area (Å²) in [5, 5.41) is 13.9. The molecule has 114 valence electrons. The van der Waals surface area contributed by atoms with Crippen molar-refractivity contribution in [2.24, 2.45) is 0 Å². The largest absolute Gasteiger partial charge is 0.497 e. The number of methoxy groups -OCH3 is 1. The van der Waals surface area contributed by atoms with Crippen LogP contribution in [0.25, 0.3) is 22.8 Å². The molecule has 0 atom stereocenters. The zero-order valence-electron chi connectivity index (χ0n) is 12.3. The van der Waals surface area contributed by atoms with Gasteiger partial charge in [0.2, 0.25) is 5.82 Å². The minimum absolute atomic E-state index is 0.313. The smallest absolute Gasteiger partial charge is 0.265 e. The molecular weight excluding hydrogens is 284 g/mol. The van der Waals surface area contributed by atoms with E-state index in [4.69, 9.17) is 15.0 Å². The molecule has 2 aromatic heterocycles. The zero-order chi connectivity index (χ0) is 15.5. The van der Waals surface area contributed by atoms with E-state index in [2.05, 4.69) is 25.7 Å². The van der Waals surface area contributed by atoms with Gasteiger partial charge in [0.1, 0.15) is 17.1 Å². The number of nitrogen functional groups attached to an aromatic ring is 1. The molecule has 2 heterocycles. The molecule has 8 nitrogen and oxygen atoms in total. The number of nitrogens with one attached hydrogen (secondary N) is 2. The first kappa shape index (κ1) is 13.9. The number of nitrogens with two attached hydrogens (primary N) is 1. The summed E-state index contributed by atoms with van der Waals surface area (Å²) in [7, 11) is 1.62. The second-order valence-corrected chi connectivity index (χ2v) is 4.54. The molecular formula is C14H16N6O2. The van der Waals surface area contributed by atoms with E-state index in [-0.39, 0.29) is 0 Å². The molecule has 22 heavy (non-hydrogen) atoms. The maximum absolute atomic E-state index is 5.89. The predicted octanol–water partition coefficient (Wildman–Crippen LogP) is 2.15. The maximum atomic E-state index is 5.89. The van der Waals surface area contributed by atoms with E-state index in [0.29, 0.717) is 35.5 Å². The Bertz CT molecular complexity index is 762. The van der Waals surface area contributed by atoms with Crippen molar-refractivity contribution in [2.75, 3.05) is 24.7 Å². The fourth-order valence-corrected chi connectivity index (χ4v) is 2.05. The van der Waals surface area contributed by atoms with Crippen molar-refractivity contribution in [1.82, 2.24) is 20.3 Å². The molecule has 0 radical (unpaired) electrons. The van der Waals surface area contributed by atoms with E-state index < -0.39 is 0 Å². The van der Waals surface area contributed by atoms with Gasteiger partial charge in [0, 0.05) is 12.1 Å². The molecule has 0 amide bonds. The Hall–Kier alpha value is -3.03. The fourth-order valence-electron chi connectivity index (χ4n) is 2.05. The number of anilines is 2. The van der Waals surface area contributed by atoms with Crippen LogP contribution >= 0.6 is 0 Å². The first-order chi connectivity index (χ1) is 10.7. The monoisotopic (exact) mass is 300 g/mol. The summed E-state index contributed by atoms with van der Waals surface area (Å²) in [5.41, 5.74) is 7.29. The number of H-pyrrole nitrogens is 1. The number of aromatic nitrogens is 4. The standard InChI is InChI=1S/C14H16N6O2/c1-3-16-13-10(11(15)18-19-13)14-17-12(20-22-14)8-4-6-9(21-2)7-5-8/h4-7H,3H2,1-2H3,(H4,15,16,18,19). The van der Waals surface area contributed by atoms with E-state index in [1.165, 1.54) is 0 Å². The Morgan fingerprint density at radius 3 is 2.77 bits per heavy atom. The van der Waals surface area contributed by atoms with Crippen LogP contribution in [0.5, 0.6) is 5.75 Å². The fraction of sp³-hybridized carbons (Fsp3) is 0.214. The topological polar surface area (TPSA) is 115 Å². The van der Waals surface area contributed by atoms with E-state index in [0.717, 1.165) is 11.3 Å². The quantitative estimate of drug-likeness (QED) is 0.661. The number of hydrogen-bond acceptors (Lipinski definition) is 7. The van der Waals surface area contributed by atoms with Gasteiger partial charge in [0.05, 0.1) is 7.11 Å². The van der Waals surface area contributed by atoms with Crippen molar-refractivity contribution < 1.29 is 9.26 Å². The predicted molar refractivity (Wildman–Crippen MR) is 82.4 cm³/mol. The van der Waals surface area contributed by atoms with Crippen molar-refractivity contribution >= 4 is 11.6 Å². The highest BCUT2D eigenvalue weighted by Gasteiger charge is 2.19. The van der Waals surface area contributed by atoms with Gasteiger partial charge in [0.25, 0.3) is 5.89 Å². The SMILES string of the molecule is CCNc1n[nH]c(N)c1-c1nc(-c2ccc(OC)cc2)no1. The number of nitrogens with zero attached hydrogens (tertiary/aromatic N) is 3. The lowest BCUT2D eigenvalue weighted by molar-refractivity contribution is 0.415. The van der Waals surface area contributed by atoms with Crippen molar-refractivity contribution in [3.63, 3.8) is 0 Å². The molecule has 3 rings (SSSR count). The molecule has 0 aliphatic carbocycles. The normalized spacial score (nSPS) is 10.6. The van der Waals surface area contributed by atoms with Gasteiger partial charge in [-0.05, 0) is 31.2 Å². The molecule has 0 aliphatic rings. The molecule has 8 heteroatoms. The lowest BCUT2D eigenvalue weighted by atomic mass is 10.2. The second kappa shape index (κ2) is 5.76. The Morgan fingerprint density at radius 1 is 1.32 bits per heavy atom. The highest BCUT2D eigenvalue weighted by atomic mass is 16.5. The Kier molecular flexibility index (Phi) is 3.65. The third-order valence-corrected chi connectivity index (χ3v) is 3.13. The van der Waals surface area contributed by atoms with Gasteiger partial charge in [-0.25, -0.2) is 0 Å². The summed E-state index contributed by atoms with van der Waals surface area (Å²) in [5.74, 6) is 2.51. The van der Waals surface area contributed by atoms with Gasteiger partial charge < -0.3 is 20.3 Å². The van der Waals surface area contributed by atoms with Gasteiger partial charge in [-0.15, -0.1) is 0 Å². The number of ether oxygens (including phenoxy) is 1. The van der Waals surface area contributed by atoms with Crippen molar-refractivity contribution in [3.05, 3.63) is 24.3 Å². The summed E-state index contributed by atoms with van der Waals surface area (Å²) in [4.78, 5) is 4.38. The van der Waals surface area contributed by atoms with Gasteiger partial charge in [-0.2, -0.15) is 10.1 Å². The number of benzene rings is 1. The van der Waals surface area contributed by atoms with Crippen LogP contribution < -0.4 is 15.8 Å². The number of hydrogen-bond donors (Lipinski definition) is 3. The van der Waals surface area contributed by atoms with Gasteiger partial charge >= 0.3 is 0 Å². The first-order valence-electron chi connectivity index (χ1n) is 6.79. The van der Waals surface area contributed by atoms with Crippen LogP contribution in [0.1, 0.15) is 6.92 Å². The van der Waals surface area contributed by atoms with Crippen LogP contribution in [0.3, 0.4) is 0 Å². The van der Waals surface area contributed by atoms with Crippen molar-refractivity contribution in [1.29, 1.82) is 0 Å². The van der Waals surface area contributed by atoms with Crippen LogP contribution in [-0.4, -0.2) is 34.0 Å². The minimum atomic E-state index is 0.313. The summed E-state index contributed by atoms with van der Waals surface area (Å²) >= 11 is 0. The third kappa shape index (κ3) is 2.46. The summed E-state index contributed by atoms with van der Waals surface area (Å²) in [6.45, 7) is 2.67. The summed E-state index contributed by atoms with van der Waals surface area (Å²) in [6.07, 6.45) is 0. The van der Waals surface area contributed by atoms with Crippen molar-refractivity contribution in [3.8, 4) is 28.6 Å². The average Bonchev–Trinajstić information content (AvgIpc) is 3.15. The molecule has 0 bridgehead atoms. The number of rotatable bonds is 5. The van der Waals surface area contributed by atoms with E-state index >= 15 is 0 Å². The summed E-state index contributed by atoms with van der Waals surface area (Å²) in [6, 6.07) is 7.39. The molecule has 4 N–H and O–H groups in total. The van der Waals surface area contributed by atoms with Crippen LogP contribution in [0.4, 0.5) is 11.6 Å². The number of aromatic amines is 1. The minimum Gasteiger partial charge on any atom is -0.497 e. The van der Waals surface area contributed by atoms with Crippen molar-refractivity contribution in [2.45, 2.75) is 6.92 Å². The first-order valence-corrected chi connectivity index (χ1v) is 6.79. The van der Waals surface area contributed by atoms with E-state index in [1.807, 2.05) is 31.2 Å². The highest BCUT2D eigenvalue weighted by Crippen LogP contribution is 2.31. The van der Waals surface area contributed by atoms with Gasteiger partial charge in [-0.3, -0.25) is 5.10 Å². The lowest BCUT2D eigenvalue weighted by Gasteiger charge is -2.00. The molecule has 0 fully saturated rings. The lowest BCUT2D eigenvalue weighted by Crippen LogP contribution is -1.98. The molecule has 0 spiro atoms. The Labute approximate surface area is 126 Å². The molecule has 0 aliphatic heterocycles. The molecule has 1 aromatic carbocycles. The molecule has 0 saturated heterocycles. The molecule has 3 aromatic rings. The zero-order valence-corrected chi connectivity index (χ0v) is 12.3. The molecule has 0 unspecified atom stereocenters. The van der Waals surface area contributed by atoms with Crippen LogP contribution in [0, 0.1) is 0 Å². The van der Waals surface area contributed by atoms with Gasteiger partial charge in [-0.1, -0.05) is 5.16 Å². The molecule has 0 saturated carbocycles. The van der Waals surface area contributed by atoms with Crippen LogP contribution in [0.15, 0.2) is 28.8 Å². The van der Waals surface area contributed by atoms with Crippen LogP contribution in [-0.2, 0) is 0 Å². The summed E-state index contributed by atoms with van der Waals surface area (Å²) < 4.78 is 10.4.